The Balaban J connectivity index is 0.00000529. The number of nitrogens with zero attached hydrogens (tertiary/aromatic N) is 4. The summed E-state index contributed by atoms with van der Waals surface area (Å²) >= 11 is 0. The van der Waals surface area contributed by atoms with E-state index in [1.165, 1.54) is 12.2 Å². The van der Waals surface area contributed by atoms with Gasteiger partial charge in [0.1, 0.15) is 0 Å². The van der Waals surface area contributed by atoms with Crippen LogP contribution in [0.5, 0.6) is 0 Å². The largest absolute Gasteiger partial charge is 0.379 e. The van der Waals surface area contributed by atoms with Gasteiger partial charge in [0, 0.05) is 43.1 Å². The molecule has 1 N–H and O–H groups in total. The number of hydrogen-bond acceptors (Lipinski definition) is 6. The topological polar surface area (TPSA) is 134 Å². The van der Waals surface area contributed by atoms with Crippen molar-refractivity contribution < 1.29 is 23.9 Å². The van der Waals surface area contributed by atoms with Crippen molar-refractivity contribution in [2.24, 2.45) is 5.11 Å². The lowest BCUT2D eigenvalue weighted by Crippen LogP contribution is -2.35. The van der Waals surface area contributed by atoms with Gasteiger partial charge in [-0.05, 0) is 5.53 Å². The first-order valence-electron chi connectivity index (χ1n) is 7.11. The van der Waals surface area contributed by atoms with Gasteiger partial charge < -0.3 is 14.8 Å². The molecule has 0 aromatic rings. The molecule has 0 spiro atoms. The van der Waals surface area contributed by atoms with Crippen molar-refractivity contribution in [1.82, 2.24) is 10.2 Å². The summed E-state index contributed by atoms with van der Waals surface area (Å²) in [6.07, 6.45) is 2.42. The fourth-order valence-electron chi connectivity index (χ4n) is 1.69. The Labute approximate surface area is 140 Å². The summed E-state index contributed by atoms with van der Waals surface area (Å²) in [5.41, 5.74) is 8.04. The number of rotatable bonds is 12. The van der Waals surface area contributed by atoms with Gasteiger partial charge in [0.15, 0.2) is 0 Å². The zero-order chi connectivity index (χ0) is 16.9. The van der Waals surface area contributed by atoms with E-state index in [1.807, 2.05) is 0 Å². The second-order valence-electron chi connectivity index (χ2n) is 4.44. The second kappa shape index (κ2) is 13.1. The van der Waals surface area contributed by atoms with Crippen molar-refractivity contribution in [2.45, 2.75) is 13.8 Å². The lowest BCUT2D eigenvalue weighted by Gasteiger charge is -2.13. The van der Waals surface area contributed by atoms with E-state index in [-0.39, 0.29) is 32.8 Å². The van der Waals surface area contributed by atoms with E-state index in [1.54, 1.807) is 0 Å². The number of amides is 3. The third-order valence-corrected chi connectivity index (χ3v) is 2.80. The number of azide groups is 1. The molecule has 3 amide bonds. The summed E-state index contributed by atoms with van der Waals surface area (Å²) in [7, 11) is 0. The fraction of sp³-hybridized carbons (Fsp3) is 0.643. The number of ether oxygens (including phenoxy) is 2. The standard InChI is InChI=1S/C13H19N5O5.CH4/c14-17-16-5-8-23-10-9-22-7-4-15-11(19)3-6-18-12(20)1-2-13(18)21;/h1-2H,3-10H2,(H,15,19);1H4. The molecule has 0 bridgehead atoms. The maximum atomic E-state index is 11.5. The normalized spacial score (nSPS) is 12.8. The van der Waals surface area contributed by atoms with Gasteiger partial charge in [-0.2, -0.15) is 0 Å². The van der Waals surface area contributed by atoms with Crippen LogP contribution in [0.15, 0.2) is 17.3 Å². The molecular formula is C14H23N5O5. The van der Waals surface area contributed by atoms with Crippen LogP contribution in [0.2, 0.25) is 0 Å². The summed E-state index contributed by atoms with van der Waals surface area (Å²) in [6, 6.07) is 0. The van der Waals surface area contributed by atoms with E-state index in [2.05, 4.69) is 15.3 Å². The highest BCUT2D eigenvalue weighted by molar-refractivity contribution is 6.13. The van der Waals surface area contributed by atoms with Crippen LogP contribution in [0.1, 0.15) is 13.8 Å². The van der Waals surface area contributed by atoms with Gasteiger partial charge in [0.05, 0.1) is 26.4 Å². The molecule has 134 valence electrons. The lowest BCUT2D eigenvalue weighted by atomic mass is 10.3. The van der Waals surface area contributed by atoms with Crippen LogP contribution in [-0.2, 0) is 23.9 Å². The Morgan fingerprint density at radius 1 is 1.17 bits per heavy atom. The molecule has 0 unspecified atom stereocenters. The summed E-state index contributed by atoms with van der Waals surface area (Å²) < 4.78 is 10.4. The van der Waals surface area contributed by atoms with Crippen molar-refractivity contribution in [1.29, 1.82) is 0 Å². The number of hydrogen-bond donors (Lipinski definition) is 1. The zero-order valence-corrected chi connectivity index (χ0v) is 12.6. The summed E-state index contributed by atoms with van der Waals surface area (Å²) in [4.78, 5) is 37.7. The van der Waals surface area contributed by atoms with Crippen molar-refractivity contribution in [3.05, 3.63) is 22.6 Å². The zero-order valence-electron chi connectivity index (χ0n) is 12.6. The predicted molar refractivity (Wildman–Crippen MR) is 85.9 cm³/mol. The van der Waals surface area contributed by atoms with Crippen LogP contribution in [-0.4, -0.2) is 68.7 Å². The summed E-state index contributed by atoms with van der Waals surface area (Å²) in [6.45, 7) is 2.09. The molecular weight excluding hydrogens is 318 g/mol. The van der Waals surface area contributed by atoms with E-state index in [0.29, 0.717) is 33.0 Å². The number of nitrogens with one attached hydrogen (secondary N) is 1. The minimum atomic E-state index is -0.397. The maximum Gasteiger partial charge on any atom is 0.253 e. The number of carbonyl (C=O) groups excluding carboxylic acids is 3. The Hall–Kier alpha value is -2.42. The first-order valence-corrected chi connectivity index (χ1v) is 7.11. The van der Waals surface area contributed by atoms with Crippen molar-refractivity contribution in [3.8, 4) is 0 Å². The van der Waals surface area contributed by atoms with Crippen LogP contribution >= 0.6 is 0 Å². The molecule has 1 aliphatic rings. The minimum Gasteiger partial charge on any atom is -0.379 e. The van der Waals surface area contributed by atoms with Gasteiger partial charge in [-0.1, -0.05) is 12.5 Å². The lowest BCUT2D eigenvalue weighted by molar-refractivity contribution is -0.137. The van der Waals surface area contributed by atoms with E-state index < -0.39 is 11.8 Å². The molecule has 1 rings (SSSR count). The van der Waals surface area contributed by atoms with Gasteiger partial charge in [-0.25, -0.2) is 0 Å². The molecule has 0 aromatic carbocycles. The molecule has 0 saturated heterocycles. The molecule has 0 aliphatic carbocycles. The highest BCUT2D eigenvalue weighted by Gasteiger charge is 2.23. The van der Waals surface area contributed by atoms with Crippen LogP contribution in [0.4, 0.5) is 0 Å². The Morgan fingerprint density at radius 2 is 1.79 bits per heavy atom. The van der Waals surface area contributed by atoms with Gasteiger partial charge in [0.2, 0.25) is 5.91 Å². The average molecular weight is 341 g/mol. The molecule has 0 aromatic heterocycles. The Morgan fingerprint density at radius 3 is 2.42 bits per heavy atom. The Kier molecular flexibility index (Phi) is 11.7. The van der Waals surface area contributed by atoms with Crippen molar-refractivity contribution >= 4 is 17.7 Å². The molecule has 1 heterocycles. The van der Waals surface area contributed by atoms with Gasteiger partial charge in [0.25, 0.3) is 11.8 Å². The molecule has 0 atom stereocenters. The molecule has 0 saturated carbocycles. The molecule has 0 radical (unpaired) electrons. The van der Waals surface area contributed by atoms with Gasteiger partial charge >= 0.3 is 0 Å². The maximum absolute atomic E-state index is 11.5. The van der Waals surface area contributed by atoms with E-state index in [0.717, 1.165) is 4.90 Å². The SMILES string of the molecule is C.[N-]=[N+]=NCCOCCOCCNC(=O)CCN1C(=O)C=CC1=O. The van der Waals surface area contributed by atoms with E-state index in [9.17, 15) is 14.4 Å². The van der Waals surface area contributed by atoms with Crippen LogP contribution in [0.25, 0.3) is 10.4 Å². The quantitative estimate of drug-likeness (QED) is 0.180. The molecule has 1 aliphatic heterocycles. The van der Waals surface area contributed by atoms with Crippen molar-refractivity contribution in [2.75, 3.05) is 46.1 Å². The minimum absolute atomic E-state index is 0. The highest BCUT2D eigenvalue weighted by atomic mass is 16.5. The average Bonchev–Trinajstić information content (AvgIpc) is 2.86. The predicted octanol–water partition coefficient (Wildman–Crippen LogP) is 0.397. The molecule has 24 heavy (non-hydrogen) atoms. The second-order valence-corrected chi connectivity index (χ2v) is 4.44. The van der Waals surface area contributed by atoms with Gasteiger partial charge in [-0.15, -0.1) is 0 Å². The third kappa shape index (κ3) is 8.89. The van der Waals surface area contributed by atoms with Crippen LogP contribution in [0.3, 0.4) is 0 Å². The van der Waals surface area contributed by atoms with Crippen LogP contribution < -0.4 is 5.32 Å². The van der Waals surface area contributed by atoms with E-state index in [4.69, 9.17) is 15.0 Å². The Bertz CT molecular complexity index is 484. The summed E-state index contributed by atoms with van der Waals surface area (Å²) in [5.74, 6) is -1.05. The summed E-state index contributed by atoms with van der Waals surface area (Å²) in [5, 5.41) is 5.94. The van der Waals surface area contributed by atoms with Gasteiger partial charge in [-0.3, -0.25) is 19.3 Å². The van der Waals surface area contributed by atoms with Crippen LogP contribution in [0, 0.1) is 0 Å². The molecule has 10 nitrogen and oxygen atoms in total. The highest BCUT2D eigenvalue weighted by Crippen LogP contribution is 2.03. The number of carbonyl (C=O) groups is 3. The first kappa shape index (κ1) is 21.6. The van der Waals surface area contributed by atoms with Crippen molar-refractivity contribution in [3.63, 3.8) is 0 Å². The fourth-order valence-corrected chi connectivity index (χ4v) is 1.69. The number of imide groups is 1. The monoisotopic (exact) mass is 341 g/mol. The third-order valence-electron chi connectivity index (χ3n) is 2.80. The molecule has 0 fully saturated rings. The molecule has 10 heteroatoms. The first-order chi connectivity index (χ1) is 11.1. The smallest absolute Gasteiger partial charge is 0.253 e. The van der Waals surface area contributed by atoms with E-state index >= 15 is 0 Å².